The fourth-order valence-electron chi connectivity index (χ4n) is 6.14. The normalized spacial score (nSPS) is 23.5. The number of rotatable bonds is 5. The second-order valence-corrected chi connectivity index (χ2v) is 9.37. The molecule has 0 unspecified atom stereocenters. The Morgan fingerprint density at radius 2 is 1.42 bits per heavy atom. The van der Waals surface area contributed by atoms with Gasteiger partial charge in [-0.1, -0.05) is 110 Å². The van der Waals surface area contributed by atoms with Crippen LogP contribution in [-0.2, 0) is 10.3 Å². The van der Waals surface area contributed by atoms with Gasteiger partial charge in [0, 0.05) is 5.92 Å². The molecule has 0 amide bonds. The molecule has 0 aromatic heterocycles. The lowest BCUT2D eigenvalue weighted by Gasteiger charge is -2.37. The van der Waals surface area contributed by atoms with Crippen LogP contribution in [0.1, 0.15) is 74.6 Å². The molecule has 2 atom stereocenters. The summed E-state index contributed by atoms with van der Waals surface area (Å²) in [5.41, 5.74) is 7.48. The third kappa shape index (κ3) is 3.02. The van der Waals surface area contributed by atoms with E-state index in [2.05, 4.69) is 106 Å². The fraction of sp³-hybridized carbons (Fsp3) is 0.333. The van der Waals surface area contributed by atoms with Crippen molar-refractivity contribution in [3.8, 4) is 0 Å². The Morgan fingerprint density at radius 1 is 0.839 bits per heavy atom. The molecule has 0 bridgehead atoms. The molecular weight excluding hydrogens is 376 g/mol. The Hall–Kier alpha value is -2.64. The van der Waals surface area contributed by atoms with Gasteiger partial charge in [0.1, 0.15) is 11.2 Å². The molecule has 0 spiro atoms. The van der Waals surface area contributed by atoms with Crippen LogP contribution in [0, 0.1) is 0 Å². The van der Waals surface area contributed by atoms with Crippen molar-refractivity contribution in [3.05, 3.63) is 113 Å². The number of fused-ring (bicyclic) bond motifs is 3. The first-order chi connectivity index (χ1) is 15.1. The predicted molar refractivity (Wildman–Crippen MR) is 129 cm³/mol. The summed E-state index contributed by atoms with van der Waals surface area (Å²) in [7, 11) is 0. The van der Waals surface area contributed by atoms with Crippen LogP contribution in [0.25, 0.3) is 5.57 Å². The van der Waals surface area contributed by atoms with Crippen molar-refractivity contribution >= 4 is 5.57 Å². The van der Waals surface area contributed by atoms with Crippen molar-refractivity contribution in [3.63, 3.8) is 0 Å². The highest BCUT2D eigenvalue weighted by Crippen LogP contribution is 2.66. The van der Waals surface area contributed by atoms with Gasteiger partial charge in [0.2, 0.25) is 0 Å². The molecule has 3 aromatic rings. The van der Waals surface area contributed by atoms with Crippen LogP contribution in [0.3, 0.4) is 0 Å². The number of allylic oxidation sites excluding steroid dienone is 1. The van der Waals surface area contributed by atoms with E-state index < -0.39 is 5.60 Å². The predicted octanol–water partition coefficient (Wildman–Crippen LogP) is 7.87. The number of unbranched alkanes of at least 4 members (excludes halogenated alkanes) is 1. The largest absolute Gasteiger partial charge is 0.354 e. The molecule has 3 aromatic carbocycles. The van der Waals surface area contributed by atoms with E-state index in [1.165, 1.54) is 46.2 Å². The van der Waals surface area contributed by atoms with Gasteiger partial charge in [-0.05, 0) is 54.5 Å². The zero-order chi connectivity index (χ0) is 21.5. The van der Waals surface area contributed by atoms with E-state index in [9.17, 15) is 0 Å². The van der Waals surface area contributed by atoms with Crippen molar-refractivity contribution in [1.29, 1.82) is 0 Å². The monoisotopic (exact) mass is 408 g/mol. The van der Waals surface area contributed by atoms with Gasteiger partial charge in [-0.15, -0.1) is 0 Å². The van der Waals surface area contributed by atoms with Gasteiger partial charge in [0.25, 0.3) is 0 Å². The Bertz CT molecular complexity index is 1050. The number of ether oxygens (including phenoxy) is 1. The Labute approximate surface area is 186 Å². The summed E-state index contributed by atoms with van der Waals surface area (Å²) in [6, 6.07) is 30.8. The highest BCUT2D eigenvalue weighted by atomic mass is 16.5. The SMILES string of the molecule is CCCC[C@@]12OC(c3ccccc3)(c3ccccc3)C[C@@H]1c1ccccc1C2=C(C)C. The molecular formula is C30H32O. The first kappa shape index (κ1) is 20.3. The van der Waals surface area contributed by atoms with Gasteiger partial charge in [-0.3, -0.25) is 0 Å². The highest BCUT2D eigenvalue weighted by molar-refractivity contribution is 5.84. The first-order valence-corrected chi connectivity index (χ1v) is 11.7. The molecule has 1 heterocycles. The maximum Gasteiger partial charge on any atom is 0.120 e. The van der Waals surface area contributed by atoms with E-state index in [1.807, 2.05) is 0 Å². The molecule has 2 aliphatic rings. The molecule has 1 aliphatic heterocycles. The lowest BCUT2D eigenvalue weighted by atomic mass is 9.76. The summed E-state index contributed by atoms with van der Waals surface area (Å²) in [6.07, 6.45) is 4.37. The zero-order valence-electron chi connectivity index (χ0n) is 18.9. The molecule has 1 nitrogen and oxygen atoms in total. The molecule has 31 heavy (non-hydrogen) atoms. The van der Waals surface area contributed by atoms with Crippen LogP contribution < -0.4 is 0 Å². The van der Waals surface area contributed by atoms with Gasteiger partial charge in [0.15, 0.2) is 0 Å². The second-order valence-electron chi connectivity index (χ2n) is 9.37. The number of benzene rings is 3. The molecule has 1 heteroatoms. The van der Waals surface area contributed by atoms with E-state index in [-0.39, 0.29) is 5.60 Å². The molecule has 5 rings (SSSR count). The zero-order valence-corrected chi connectivity index (χ0v) is 18.9. The molecule has 0 saturated carbocycles. The van der Waals surface area contributed by atoms with Crippen molar-refractivity contribution < 1.29 is 4.74 Å². The first-order valence-electron chi connectivity index (χ1n) is 11.7. The second kappa shape index (κ2) is 7.80. The Balaban J connectivity index is 1.77. The molecule has 158 valence electrons. The van der Waals surface area contributed by atoms with Gasteiger partial charge in [0.05, 0.1) is 0 Å². The van der Waals surface area contributed by atoms with E-state index in [0.717, 1.165) is 12.8 Å². The van der Waals surface area contributed by atoms with Crippen LogP contribution in [0.4, 0.5) is 0 Å². The molecule has 1 fully saturated rings. The molecule has 0 radical (unpaired) electrons. The van der Waals surface area contributed by atoms with Crippen molar-refractivity contribution in [2.24, 2.45) is 0 Å². The van der Waals surface area contributed by atoms with Gasteiger partial charge < -0.3 is 4.74 Å². The maximum atomic E-state index is 7.53. The third-order valence-corrected chi connectivity index (χ3v) is 7.32. The summed E-state index contributed by atoms with van der Waals surface area (Å²) in [4.78, 5) is 0. The smallest absolute Gasteiger partial charge is 0.120 e. The average molecular weight is 409 g/mol. The minimum atomic E-state index is -0.435. The maximum absolute atomic E-state index is 7.53. The molecule has 1 aliphatic carbocycles. The van der Waals surface area contributed by atoms with E-state index in [0.29, 0.717) is 5.92 Å². The van der Waals surface area contributed by atoms with Crippen molar-refractivity contribution in [1.82, 2.24) is 0 Å². The number of hydrogen-bond donors (Lipinski definition) is 0. The van der Waals surface area contributed by atoms with Crippen LogP contribution in [-0.4, -0.2) is 5.60 Å². The third-order valence-electron chi connectivity index (χ3n) is 7.32. The van der Waals surface area contributed by atoms with Crippen molar-refractivity contribution in [2.75, 3.05) is 0 Å². The molecule has 0 N–H and O–H groups in total. The Morgan fingerprint density at radius 3 is 2.00 bits per heavy atom. The summed E-state index contributed by atoms with van der Waals surface area (Å²) >= 11 is 0. The average Bonchev–Trinajstić information content (AvgIpc) is 3.28. The van der Waals surface area contributed by atoms with E-state index in [4.69, 9.17) is 4.74 Å². The van der Waals surface area contributed by atoms with E-state index in [1.54, 1.807) is 0 Å². The Kier molecular flexibility index (Phi) is 5.10. The van der Waals surface area contributed by atoms with E-state index >= 15 is 0 Å². The lowest BCUT2D eigenvalue weighted by Crippen LogP contribution is -2.36. The van der Waals surface area contributed by atoms with Crippen LogP contribution in [0.2, 0.25) is 0 Å². The highest BCUT2D eigenvalue weighted by Gasteiger charge is 2.62. The topological polar surface area (TPSA) is 9.23 Å². The van der Waals surface area contributed by atoms with Crippen LogP contribution >= 0.6 is 0 Å². The van der Waals surface area contributed by atoms with Gasteiger partial charge in [-0.25, -0.2) is 0 Å². The van der Waals surface area contributed by atoms with Crippen LogP contribution in [0.15, 0.2) is 90.5 Å². The van der Waals surface area contributed by atoms with Crippen LogP contribution in [0.5, 0.6) is 0 Å². The summed E-state index contributed by atoms with van der Waals surface area (Å²) in [5.74, 6) is 0.362. The summed E-state index contributed by atoms with van der Waals surface area (Å²) in [6.45, 7) is 6.81. The standard InChI is InChI=1S/C30H32O/c1-4-5-20-29-27(25-18-12-13-19-26(25)28(29)22(2)3)21-30(31-29,23-14-8-6-9-15-23)24-16-10-7-11-17-24/h6-19,27H,4-5,20-21H2,1-3H3/t27-,29-/m1/s1. The summed E-state index contributed by atoms with van der Waals surface area (Å²) in [5, 5.41) is 0. The van der Waals surface area contributed by atoms with Gasteiger partial charge in [-0.2, -0.15) is 0 Å². The summed E-state index contributed by atoms with van der Waals surface area (Å²) < 4.78 is 7.53. The fourth-order valence-corrected chi connectivity index (χ4v) is 6.14. The minimum Gasteiger partial charge on any atom is -0.354 e. The lowest BCUT2D eigenvalue weighted by molar-refractivity contribution is -0.0604. The van der Waals surface area contributed by atoms with Gasteiger partial charge >= 0.3 is 0 Å². The minimum absolute atomic E-state index is 0.274. The number of hydrogen-bond acceptors (Lipinski definition) is 1. The molecule has 1 saturated heterocycles. The quantitative estimate of drug-likeness (QED) is 0.417. The van der Waals surface area contributed by atoms with Crippen molar-refractivity contribution in [2.45, 2.75) is 63.6 Å².